The lowest BCUT2D eigenvalue weighted by molar-refractivity contribution is 0.102. The Balaban J connectivity index is 1.61. The van der Waals surface area contributed by atoms with Crippen molar-refractivity contribution in [2.75, 3.05) is 11.9 Å². The first kappa shape index (κ1) is 19.3. The Labute approximate surface area is 163 Å². The van der Waals surface area contributed by atoms with Crippen LogP contribution in [0.1, 0.15) is 20.8 Å². The van der Waals surface area contributed by atoms with Gasteiger partial charge in [-0.2, -0.15) is 0 Å². The Morgan fingerprint density at radius 3 is 2.33 bits per heavy atom. The Bertz CT molecular complexity index is 994. The molecular weight excluding hydrogens is 380 g/mol. The number of thiophene rings is 1. The minimum absolute atomic E-state index is 0.139. The molecular formula is C20H20N2O3S2. The molecule has 0 aliphatic heterocycles. The number of amides is 1. The summed E-state index contributed by atoms with van der Waals surface area (Å²) in [7, 11) is -3.60. The zero-order valence-electron chi connectivity index (χ0n) is 14.8. The van der Waals surface area contributed by atoms with E-state index in [1.165, 1.54) is 24.3 Å². The zero-order valence-corrected chi connectivity index (χ0v) is 16.4. The molecule has 5 nitrogen and oxygen atoms in total. The van der Waals surface area contributed by atoms with Crippen LogP contribution in [0, 0.1) is 6.92 Å². The fourth-order valence-corrected chi connectivity index (χ4v) is 4.21. The molecule has 0 bridgehead atoms. The van der Waals surface area contributed by atoms with Gasteiger partial charge in [0, 0.05) is 22.7 Å². The average Bonchev–Trinajstić information content (AvgIpc) is 3.17. The lowest BCUT2D eigenvalue weighted by Gasteiger charge is -2.08. The van der Waals surface area contributed by atoms with Crippen molar-refractivity contribution >= 4 is 33.0 Å². The summed E-state index contributed by atoms with van der Waals surface area (Å²) in [6.07, 6.45) is 0.647. The molecule has 2 aromatic carbocycles. The normalized spacial score (nSPS) is 11.3. The highest BCUT2D eigenvalue weighted by atomic mass is 32.2. The molecule has 1 amide bonds. The van der Waals surface area contributed by atoms with E-state index >= 15 is 0 Å². The zero-order chi connectivity index (χ0) is 19.3. The second-order valence-corrected chi connectivity index (χ2v) is 8.87. The number of carbonyl (C=O) groups is 1. The van der Waals surface area contributed by atoms with Crippen LogP contribution >= 0.6 is 11.3 Å². The molecule has 0 fully saturated rings. The van der Waals surface area contributed by atoms with Crippen molar-refractivity contribution in [1.82, 2.24) is 4.72 Å². The van der Waals surface area contributed by atoms with Crippen molar-refractivity contribution in [3.8, 4) is 0 Å². The van der Waals surface area contributed by atoms with E-state index in [9.17, 15) is 13.2 Å². The quantitative estimate of drug-likeness (QED) is 0.633. The summed E-state index contributed by atoms with van der Waals surface area (Å²) in [5, 5.41) is 4.75. The molecule has 0 unspecified atom stereocenters. The molecule has 0 saturated carbocycles. The lowest BCUT2D eigenvalue weighted by atomic mass is 10.2. The van der Waals surface area contributed by atoms with E-state index in [4.69, 9.17) is 0 Å². The van der Waals surface area contributed by atoms with Gasteiger partial charge >= 0.3 is 0 Å². The van der Waals surface area contributed by atoms with E-state index < -0.39 is 10.0 Å². The Morgan fingerprint density at radius 1 is 1.00 bits per heavy atom. The highest BCUT2D eigenvalue weighted by Crippen LogP contribution is 2.14. The van der Waals surface area contributed by atoms with Gasteiger partial charge in [-0.1, -0.05) is 23.8 Å². The van der Waals surface area contributed by atoms with E-state index in [2.05, 4.69) is 10.0 Å². The maximum absolute atomic E-state index is 12.4. The molecule has 1 heterocycles. The molecule has 0 spiro atoms. The number of nitrogens with one attached hydrogen (secondary N) is 2. The number of hydrogen-bond acceptors (Lipinski definition) is 4. The van der Waals surface area contributed by atoms with Crippen LogP contribution in [0.2, 0.25) is 0 Å². The summed E-state index contributed by atoms with van der Waals surface area (Å²) in [6.45, 7) is 2.30. The van der Waals surface area contributed by atoms with Crippen LogP contribution in [-0.4, -0.2) is 20.9 Å². The second kappa shape index (κ2) is 8.47. The van der Waals surface area contributed by atoms with Crippen LogP contribution in [0.3, 0.4) is 0 Å². The van der Waals surface area contributed by atoms with Gasteiger partial charge in [0.2, 0.25) is 10.0 Å². The Morgan fingerprint density at radius 2 is 1.70 bits per heavy atom. The van der Waals surface area contributed by atoms with Gasteiger partial charge in [-0.3, -0.25) is 4.79 Å². The van der Waals surface area contributed by atoms with E-state index in [1.807, 2.05) is 48.7 Å². The fraction of sp³-hybridized carbons (Fsp3) is 0.150. The number of sulfonamides is 1. The van der Waals surface area contributed by atoms with Crippen molar-refractivity contribution in [2.24, 2.45) is 0 Å². The molecule has 0 radical (unpaired) electrons. The third kappa shape index (κ3) is 5.26. The summed E-state index contributed by atoms with van der Waals surface area (Å²) in [5.74, 6) is -0.284. The molecule has 7 heteroatoms. The molecule has 0 atom stereocenters. The third-order valence-corrected chi connectivity index (χ3v) is 6.39. The first-order valence-electron chi connectivity index (χ1n) is 8.44. The molecule has 3 aromatic rings. The van der Waals surface area contributed by atoms with Gasteiger partial charge in [-0.05, 0) is 61.2 Å². The lowest BCUT2D eigenvalue weighted by Crippen LogP contribution is -2.26. The van der Waals surface area contributed by atoms with E-state index in [0.717, 1.165) is 10.4 Å². The van der Waals surface area contributed by atoms with Crippen molar-refractivity contribution in [3.05, 3.63) is 82.0 Å². The molecule has 0 aliphatic rings. The number of carbonyl (C=O) groups excluding carboxylic acids is 1. The number of anilines is 1. The summed E-state index contributed by atoms with van der Waals surface area (Å²) >= 11 is 1.60. The minimum atomic E-state index is -3.60. The third-order valence-electron chi connectivity index (χ3n) is 3.98. The fourth-order valence-electron chi connectivity index (χ4n) is 2.47. The van der Waals surface area contributed by atoms with Gasteiger partial charge in [0.1, 0.15) is 0 Å². The maximum atomic E-state index is 12.4. The van der Waals surface area contributed by atoms with Crippen LogP contribution in [0.4, 0.5) is 5.69 Å². The second-order valence-electron chi connectivity index (χ2n) is 6.07. The van der Waals surface area contributed by atoms with Gasteiger partial charge < -0.3 is 5.32 Å². The summed E-state index contributed by atoms with van der Waals surface area (Å²) in [6, 6.07) is 17.3. The highest BCUT2D eigenvalue weighted by molar-refractivity contribution is 7.89. The first-order valence-corrected chi connectivity index (χ1v) is 10.8. The van der Waals surface area contributed by atoms with E-state index in [-0.39, 0.29) is 10.8 Å². The smallest absolute Gasteiger partial charge is 0.255 e. The summed E-state index contributed by atoms with van der Waals surface area (Å²) in [5.41, 5.74) is 2.19. The topological polar surface area (TPSA) is 75.3 Å². The molecule has 27 heavy (non-hydrogen) atoms. The number of hydrogen-bond donors (Lipinski definition) is 2. The number of rotatable bonds is 7. The van der Waals surface area contributed by atoms with Gasteiger partial charge in [-0.25, -0.2) is 13.1 Å². The number of benzene rings is 2. The van der Waals surface area contributed by atoms with Crippen LogP contribution in [-0.2, 0) is 16.4 Å². The van der Waals surface area contributed by atoms with Gasteiger partial charge in [0.05, 0.1) is 4.90 Å². The van der Waals surface area contributed by atoms with Crippen molar-refractivity contribution in [3.63, 3.8) is 0 Å². The largest absolute Gasteiger partial charge is 0.322 e. The Hall–Kier alpha value is -2.48. The van der Waals surface area contributed by atoms with Gasteiger partial charge in [-0.15, -0.1) is 11.3 Å². The van der Waals surface area contributed by atoms with E-state index in [0.29, 0.717) is 24.2 Å². The average molecular weight is 401 g/mol. The molecule has 2 N–H and O–H groups in total. The van der Waals surface area contributed by atoms with Gasteiger partial charge in [0.15, 0.2) is 0 Å². The molecule has 0 aliphatic carbocycles. The van der Waals surface area contributed by atoms with Crippen LogP contribution in [0.5, 0.6) is 0 Å². The van der Waals surface area contributed by atoms with E-state index in [1.54, 1.807) is 11.3 Å². The molecule has 1 aromatic heterocycles. The van der Waals surface area contributed by atoms with Crippen molar-refractivity contribution < 1.29 is 13.2 Å². The summed E-state index contributed by atoms with van der Waals surface area (Å²) in [4.78, 5) is 13.6. The summed E-state index contributed by atoms with van der Waals surface area (Å²) < 4.78 is 27.3. The van der Waals surface area contributed by atoms with Crippen LogP contribution in [0.15, 0.2) is 70.9 Å². The predicted molar refractivity (Wildman–Crippen MR) is 109 cm³/mol. The Kier molecular flexibility index (Phi) is 6.05. The first-order chi connectivity index (χ1) is 12.9. The monoisotopic (exact) mass is 400 g/mol. The van der Waals surface area contributed by atoms with Gasteiger partial charge in [0.25, 0.3) is 5.91 Å². The minimum Gasteiger partial charge on any atom is -0.322 e. The predicted octanol–water partition coefficient (Wildman–Crippen LogP) is 3.83. The SMILES string of the molecule is Cc1ccc(NC(=O)c2ccc(S(=O)(=O)NCCc3cccs3)cc2)cc1. The number of aryl methyl sites for hydroxylation is 1. The molecule has 3 rings (SSSR count). The maximum Gasteiger partial charge on any atom is 0.255 e. The molecule has 140 valence electrons. The molecule has 0 saturated heterocycles. The van der Waals surface area contributed by atoms with Crippen LogP contribution < -0.4 is 10.0 Å². The van der Waals surface area contributed by atoms with Crippen molar-refractivity contribution in [1.29, 1.82) is 0 Å². The van der Waals surface area contributed by atoms with Crippen molar-refractivity contribution in [2.45, 2.75) is 18.2 Å². The highest BCUT2D eigenvalue weighted by Gasteiger charge is 2.14. The van der Waals surface area contributed by atoms with Crippen LogP contribution in [0.25, 0.3) is 0 Å². The standard InChI is InChI=1S/C20H20N2O3S2/c1-15-4-8-17(9-5-15)22-20(23)16-6-10-19(11-7-16)27(24,25)21-13-12-18-3-2-14-26-18/h2-11,14,21H,12-13H2,1H3,(H,22,23).